The average Bonchev–Trinajstić information content (AvgIpc) is 2.08. The molecule has 0 fully saturated rings. The van der Waals surface area contributed by atoms with Crippen LogP contribution in [-0.2, 0) is 0 Å². The molecule has 1 aromatic rings. The van der Waals surface area contributed by atoms with E-state index in [9.17, 15) is 4.79 Å². The molecule has 4 nitrogen and oxygen atoms in total. The fourth-order valence-electron chi connectivity index (χ4n) is 0.601. The fourth-order valence-corrected chi connectivity index (χ4v) is 0.601. The van der Waals surface area contributed by atoms with Crippen molar-refractivity contribution >= 4 is 5.97 Å². The van der Waals surface area contributed by atoms with Gasteiger partial charge in [-0.05, 0) is 6.92 Å². The summed E-state index contributed by atoms with van der Waals surface area (Å²) in [6.45, 7) is 5.63. The second kappa shape index (κ2) is 5.23. The largest absolute Gasteiger partial charge is 0.478 e. The van der Waals surface area contributed by atoms with Crippen molar-refractivity contribution in [3.8, 4) is 0 Å². The van der Waals surface area contributed by atoms with E-state index in [1.165, 1.54) is 12.5 Å². The van der Waals surface area contributed by atoms with Gasteiger partial charge >= 0.3 is 5.97 Å². The molecule has 0 aliphatic heterocycles. The van der Waals surface area contributed by atoms with Crippen molar-refractivity contribution in [1.82, 2.24) is 9.97 Å². The Hall–Kier alpha value is -1.45. The van der Waals surface area contributed by atoms with Crippen LogP contribution in [-0.4, -0.2) is 21.0 Å². The van der Waals surface area contributed by atoms with Crippen molar-refractivity contribution in [2.75, 3.05) is 0 Å². The van der Waals surface area contributed by atoms with Crippen LogP contribution in [0.15, 0.2) is 12.5 Å². The molecule has 0 amide bonds. The van der Waals surface area contributed by atoms with Gasteiger partial charge < -0.3 is 5.11 Å². The van der Waals surface area contributed by atoms with Crippen LogP contribution in [0.3, 0.4) is 0 Å². The number of hydrogen-bond donors (Lipinski definition) is 1. The second-order valence-electron chi connectivity index (χ2n) is 1.83. The zero-order chi connectivity index (χ0) is 9.56. The van der Waals surface area contributed by atoms with Gasteiger partial charge in [0.05, 0.1) is 11.3 Å². The van der Waals surface area contributed by atoms with Crippen molar-refractivity contribution in [2.24, 2.45) is 0 Å². The molecule has 12 heavy (non-hydrogen) atoms. The van der Waals surface area contributed by atoms with Crippen molar-refractivity contribution in [3.63, 3.8) is 0 Å². The third-order valence-corrected chi connectivity index (χ3v) is 1.14. The molecule has 0 unspecified atom stereocenters. The summed E-state index contributed by atoms with van der Waals surface area (Å²) in [6.07, 6.45) is 2.60. The van der Waals surface area contributed by atoms with Gasteiger partial charge in [0.1, 0.15) is 6.33 Å². The van der Waals surface area contributed by atoms with E-state index in [0.717, 1.165) is 0 Å². The average molecular weight is 168 g/mol. The Morgan fingerprint density at radius 2 is 2.08 bits per heavy atom. The van der Waals surface area contributed by atoms with Crippen LogP contribution < -0.4 is 0 Å². The van der Waals surface area contributed by atoms with Crippen molar-refractivity contribution in [2.45, 2.75) is 20.8 Å². The summed E-state index contributed by atoms with van der Waals surface area (Å²) in [5.74, 6) is -0.988. The van der Waals surface area contributed by atoms with E-state index in [0.29, 0.717) is 5.69 Å². The molecule has 0 spiro atoms. The lowest BCUT2D eigenvalue weighted by Gasteiger charge is -1.94. The van der Waals surface area contributed by atoms with E-state index >= 15 is 0 Å². The quantitative estimate of drug-likeness (QED) is 0.690. The summed E-state index contributed by atoms with van der Waals surface area (Å²) in [7, 11) is 0. The minimum absolute atomic E-state index is 0.155. The van der Waals surface area contributed by atoms with Gasteiger partial charge in [0.2, 0.25) is 0 Å². The van der Waals surface area contributed by atoms with Gasteiger partial charge in [-0.15, -0.1) is 0 Å². The van der Waals surface area contributed by atoms with Crippen LogP contribution in [0, 0.1) is 6.92 Å². The first-order valence-corrected chi connectivity index (χ1v) is 3.71. The zero-order valence-corrected chi connectivity index (χ0v) is 7.40. The number of aromatic nitrogens is 2. The second-order valence-corrected chi connectivity index (χ2v) is 1.83. The third-order valence-electron chi connectivity index (χ3n) is 1.14. The molecule has 4 heteroatoms. The molecule has 0 atom stereocenters. The van der Waals surface area contributed by atoms with Gasteiger partial charge in [0.15, 0.2) is 0 Å². The van der Waals surface area contributed by atoms with Crippen LogP contribution >= 0.6 is 0 Å². The minimum Gasteiger partial charge on any atom is -0.478 e. The number of carbonyl (C=O) groups is 1. The molecule has 0 aliphatic rings. The highest BCUT2D eigenvalue weighted by Crippen LogP contribution is 1.99. The lowest BCUT2D eigenvalue weighted by Crippen LogP contribution is -2.01. The summed E-state index contributed by atoms with van der Waals surface area (Å²) in [5, 5.41) is 8.49. The Morgan fingerprint density at radius 1 is 1.50 bits per heavy atom. The summed E-state index contributed by atoms with van der Waals surface area (Å²) >= 11 is 0. The molecule has 1 rings (SSSR count). The Balaban J connectivity index is 0.000000561. The van der Waals surface area contributed by atoms with E-state index in [1.54, 1.807) is 6.92 Å². The van der Waals surface area contributed by atoms with E-state index in [-0.39, 0.29) is 5.56 Å². The normalized spacial score (nSPS) is 8.25. The molecule has 0 bridgehead atoms. The van der Waals surface area contributed by atoms with Crippen LogP contribution in [0.25, 0.3) is 0 Å². The third kappa shape index (κ3) is 2.65. The smallest absolute Gasteiger partial charge is 0.339 e. The van der Waals surface area contributed by atoms with E-state index in [4.69, 9.17) is 5.11 Å². The van der Waals surface area contributed by atoms with Gasteiger partial charge in [-0.3, -0.25) is 0 Å². The lowest BCUT2D eigenvalue weighted by molar-refractivity contribution is 0.0695. The highest BCUT2D eigenvalue weighted by molar-refractivity contribution is 5.88. The fraction of sp³-hybridized carbons (Fsp3) is 0.375. The number of aryl methyl sites for hydroxylation is 1. The maximum atomic E-state index is 10.3. The number of aromatic carboxylic acids is 1. The van der Waals surface area contributed by atoms with Crippen LogP contribution in [0.1, 0.15) is 29.9 Å². The molecule has 66 valence electrons. The SMILES string of the molecule is CC.Cc1ncncc1C(=O)O. The molecule has 1 heterocycles. The van der Waals surface area contributed by atoms with Gasteiger partial charge in [0, 0.05) is 6.20 Å². The number of hydrogen-bond acceptors (Lipinski definition) is 3. The van der Waals surface area contributed by atoms with Crippen LogP contribution in [0.2, 0.25) is 0 Å². The molecule has 0 aliphatic carbocycles. The summed E-state index contributed by atoms with van der Waals surface area (Å²) in [5.41, 5.74) is 0.644. The van der Waals surface area contributed by atoms with Crippen molar-refractivity contribution in [1.29, 1.82) is 0 Å². The number of nitrogens with zero attached hydrogens (tertiary/aromatic N) is 2. The molecule has 1 N–H and O–H groups in total. The lowest BCUT2D eigenvalue weighted by atomic mass is 10.2. The molecular weight excluding hydrogens is 156 g/mol. The Labute approximate surface area is 71.3 Å². The van der Waals surface area contributed by atoms with Crippen LogP contribution in [0.4, 0.5) is 0 Å². The molecular formula is C8H12N2O2. The molecule has 0 saturated heterocycles. The highest BCUT2D eigenvalue weighted by Gasteiger charge is 2.05. The first kappa shape index (κ1) is 10.6. The van der Waals surface area contributed by atoms with Gasteiger partial charge in [-0.1, -0.05) is 13.8 Å². The Morgan fingerprint density at radius 3 is 2.42 bits per heavy atom. The Bertz CT molecular complexity index is 261. The molecule has 1 aromatic heterocycles. The predicted octanol–water partition coefficient (Wildman–Crippen LogP) is 1.51. The summed E-state index contributed by atoms with van der Waals surface area (Å²) in [6, 6.07) is 0. The van der Waals surface area contributed by atoms with Gasteiger partial charge in [-0.2, -0.15) is 0 Å². The predicted molar refractivity (Wildman–Crippen MR) is 45.1 cm³/mol. The van der Waals surface area contributed by atoms with E-state index in [2.05, 4.69) is 9.97 Å². The van der Waals surface area contributed by atoms with Gasteiger partial charge in [-0.25, -0.2) is 14.8 Å². The van der Waals surface area contributed by atoms with Gasteiger partial charge in [0.25, 0.3) is 0 Å². The topological polar surface area (TPSA) is 63.1 Å². The van der Waals surface area contributed by atoms with E-state index < -0.39 is 5.97 Å². The zero-order valence-electron chi connectivity index (χ0n) is 7.40. The maximum Gasteiger partial charge on any atom is 0.339 e. The number of carboxylic acid groups (broad SMARTS) is 1. The summed E-state index contributed by atoms with van der Waals surface area (Å²) in [4.78, 5) is 17.6. The highest BCUT2D eigenvalue weighted by atomic mass is 16.4. The number of carboxylic acids is 1. The van der Waals surface area contributed by atoms with E-state index in [1.807, 2.05) is 13.8 Å². The monoisotopic (exact) mass is 168 g/mol. The van der Waals surface area contributed by atoms with Crippen molar-refractivity contribution in [3.05, 3.63) is 23.8 Å². The van der Waals surface area contributed by atoms with Crippen LogP contribution in [0.5, 0.6) is 0 Å². The molecule has 0 radical (unpaired) electrons. The number of rotatable bonds is 1. The minimum atomic E-state index is -0.988. The maximum absolute atomic E-state index is 10.3. The first-order valence-electron chi connectivity index (χ1n) is 3.71. The Kier molecular flexibility index (Phi) is 4.60. The standard InChI is InChI=1S/C6H6N2O2.C2H6/c1-4-5(6(9)10)2-7-3-8-4;1-2/h2-3H,1H3,(H,9,10);1-2H3. The molecule has 0 aromatic carbocycles. The van der Waals surface area contributed by atoms with Crippen molar-refractivity contribution < 1.29 is 9.90 Å². The first-order chi connectivity index (χ1) is 5.72. The molecule has 0 saturated carbocycles. The summed E-state index contributed by atoms with van der Waals surface area (Å²) < 4.78 is 0.